The van der Waals surface area contributed by atoms with E-state index in [0.29, 0.717) is 24.7 Å². The lowest BCUT2D eigenvalue weighted by molar-refractivity contribution is -0.143. The Balaban J connectivity index is 2.04. The average Bonchev–Trinajstić information content (AvgIpc) is 2.79. The van der Waals surface area contributed by atoms with Crippen molar-refractivity contribution < 1.29 is 14.3 Å². The summed E-state index contributed by atoms with van der Waals surface area (Å²) >= 11 is 7.02. The van der Waals surface area contributed by atoms with Crippen LogP contribution in [0.2, 0.25) is 0 Å². The van der Waals surface area contributed by atoms with Crippen LogP contribution >= 0.6 is 31.9 Å². The molecule has 21 heavy (non-hydrogen) atoms. The molecule has 4 nitrogen and oxygen atoms in total. The van der Waals surface area contributed by atoms with E-state index in [1.807, 2.05) is 12.1 Å². The second-order valence-electron chi connectivity index (χ2n) is 5.48. The minimum Gasteiger partial charge on any atom is -0.476 e. The molecule has 116 valence electrons. The van der Waals surface area contributed by atoms with E-state index in [-0.39, 0.29) is 5.97 Å². The van der Waals surface area contributed by atoms with E-state index in [0.717, 1.165) is 27.6 Å². The first-order chi connectivity index (χ1) is 9.97. The number of hydrogen-bond donors (Lipinski definition) is 1. The Morgan fingerprint density at radius 1 is 1.38 bits per heavy atom. The van der Waals surface area contributed by atoms with Gasteiger partial charge in [0.25, 0.3) is 0 Å². The molecule has 0 aliphatic carbocycles. The van der Waals surface area contributed by atoms with Crippen molar-refractivity contribution in [3.63, 3.8) is 0 Å². The zero-order valence-corrected chi connectivity index (χ0v) is 15.3. The maximum atomic E-state index is 11.5. The number of carbonyl (C=O) groups is 1. The van der Waals surface area contributed by atoms with Crippen molar-refractivity contribution in [2.75, 3.05) is 13.2 Å². The third kappa shape index (κ3) is 4.69. The van der Waals surface area contributed by atoms with Gasteiger partial charge in [-0.3, -0.25) is 0 Å². The van der Waals surface area contributed by atoms with Gasteiger partial charge in [0.1, 0.15) is 5.75 Å². The number of carbonyl (C=O) groups excluding carboxylic acids is 1. The van der Waals surface area contributed by atoms with Gasteiger partial charge in [0.05, 0.1) is 15.6 Å². The molecule has 0 aromatic heterocycles. The van der Waals surface area contributed by atoms with Gasteiger partial charge in [0.15, 0.2) is 6.10 Å². The fourth-order valence-electron chi connectivity index (χ4n) is 2.06. The monoisotopic (exact) mass is 419 g/mol. The molecular formula is C15H19Br2NO3. The van der Waals surface area contributed by atoms with Gasteiger partial charge in [-0.2, -0.15) is 0 Å². The van der Waals surface area contributed by atoms with Gasteiger partial charge >= 0.3 is 5.97 Å². The van der Waals surface area contributed by atoms with Crippen LogP contribution < -0.4 is 10.1 Å². The summed E-state index contributed by atoms with van der Waals surface area (Å²) in [6.45, 7) is 6.55. The van der Waals surface area contributed by atoms with Gasteiger partial charge in [-0.1, -0.05) is 13.8 Å². The van der Waals surface area contributed by atoms with Gasteiger partial charge in [-0.05, 0) is 62.0 Å². The minimum atomic E-state index is -0.512. The molecule has 6 heteroatoms. The number of benzene rings is 1. The summed E-state index contributed by atoms with van der Waals surface area (Å²) < 4.78 is 12.3. The Kier molecular flexibility index (Phi) is 6.08. The van der Waals surface area contributed by atoms with Crippen molar-refractivity contribution in [1.82, 2.24) is 5.32 Å². The second kappa shape index (κ2) is 7.61. The molecule has 1 aromatic rings. The van der Waals surface area contributed by atoms with Gasteiger partial charge in [0.2, 0.25) is 0 Å². The van der Waals surface area contributed by atoms with E-state index < -0.39 is 6.10 Å². The third-order valence-corrected chi connectivity index (χ3v) is 4.27. The topological polar surface area (TPSA) is 47.6 Å². The zero-order chi connectivity index (χ0) is 15.4. The van der Waals surface area contributed by atoms with Crippen molar-refractivity contribution in [2.45, 2.75) is 32.9 Å². The fraction of sp³-hybridized carbons (Fsp3) is 0.533. The average molecular weight is 421 g/mol. The van der Waals surface area contributed by atoms with Crippen LogP contribution in [0.3, 0.4) is 0 Å². The largest absolute Gasteiger partial charge is 0.476 e. The lowest BCUT2D eigenvalue weighted by Crippen LogP contribution is -2.22. The van der Waals surface area contributed by atoms with Crippen LogP contribution in [-0.4, -0.2) is 25.2 Å². The first kappa shape index (κ1) is 16.8. The van der Waals surface area contributed by atoms with Crippen LogP contribution in [0.25, 0.3) is 0 Å². The lowest BCUT2D eigenvalue weighted by Gasteiger charge is -2.15. The van der Waals surface area contributed by atoms with Crippen molar-refractivity contribution in [1.29, 1.82) is 0 Å². The van der Waals surface area contributed by atoms with Crippen LogP contribution in [0.15, 0.2) is 21.1 Å². The highest BCUT2D eigenvalue weighted by atomic mass is 79.9. The minimum absolute atomic E-state index is 0.295. The molecule has 0 bridgehead atoms. The summed E-state index contributed by atoms with van der Waals surface area (Å²) in [6.07, 6.45) is 0.0811. The number of cyclic esters (lactones) is 1. The fourth-order valence-corrected chi connectivity index (χ4v) is 3.53. The third-order valence-electron chi connectivity index (χ3n) is 3.09. The van der Waals surface area contributed by atoms with E-state index in [4.69, 9.17) is 9.47 Å². The normalized spacial score (nSPS) is 18.1. The Morgan fingerprint density at radius 3 is 2.57 bits per heavy atom. The van der Waals surface area contributed by atoms with Crippen LogP contribution in [0, 0.1) is 5.92 Å². The summed E-state index contributed by atoms with van der Waals surface area (Å²) in [5, 5.41) is 3.40. The van der Waals surface area contributed by atoms with Gasteiger partial charge < -0.3 is 14.8 Å². The molecule has 1 unspecified atom stereocenters. The highest BCUT2D eigenvalue weighted by Crippen LogP contribution is 2.36. The zero-order valence-electron chi connectivity index (χ0n) is 12.1. The van der Waals surface area contributed by atoms with Crippen LogP contribution in [-0.2, 0) is 16.1 Å². The number of esters is 1. The highest BCUT2D eigenvalue weighted by molar-refractivity contribution is 9.11. The number of rotatable bonds is 6. The smallest absolute Gasteiger partial charge is 0.347 e. The molecule has 1 N–H and O–H groups in total. The molecule has 1 aliphatic heterocycles. The van der Waals surface area contributed by atoms with Crippen LogP contribution in [0.4, 0.5) is 0 Å². The molecule has 1 aromatic carbocycles. The first-order valence-corrected chi connectivity index (χ1v) is 8.58. The van der Waals surface area contributed by atoms with Crippen molar-refractivity contribution in [2.24, 2.45) is 5.92 Å². The molecular weight excluding hydrogens is 402 g/mol. The molecule has 1 aliphatic rings. The number of ether oxygens (including phenoxy) is 2. The molecule has 1 heterocycles. The summed E-state index contributed by atoms with van der Waals surface area (Å²) in [4.78, 5) is 11.5. The van der Waals surface area contributed by atoms with E-state index in [1.54, 1.807) is 0 Å². The summed E-state index contributed by atoms with van der Waals surface area (Å²) in [7, 11) is 0. The summed E-state index contributed by atoms with van der Waals surface area (Å²) in [5.74, 6) is 0.968. The Morgan fingerprint density at radius 2 is 2.05 bits per heavy atom. The number of halogens is 2. The summed E-state index contributed by atoms with van der Waals surface area (Å²) in [5.41, 5.74) is 1.15. The van der Waals surface area contributed by atoms with Gasteiger partial charge in [-0.15, -0.1) is 0 Å². The standard InChI is InChI=1S/C15H19Br2NO3/c1-9(2)7-18-8-10-5-11(16)14(12(17)6-10)21-13-3-4-20-15(13)19/h5-6,9,13,18H,3-4,7-8H2,1-2H3. The molecule has 0 spiro atoms. The van der Waals surface area contributed by atoms with E-state index in [2.05, 4.69) is 51.0 Å². The van der Waals surface area contributed by atoms with E-state index >= 15 is 0 Å². The van der Waals surface area contributed by atoms with Crippen molar-refractivity contribution in [3.8, 4) is 5.75 Å². The summed E-state index contributed by atoms with van der Waals surface area (Å²) in [6, 6.07) is 4.02. The highest BCUT2D eigenvalue weighted by Gasteiger charge is 2.29. The Hall–Kier alpha value is -0.590. The predicted octanol–water partition coefficient (Wildman–Crippen LogP) is 3.65. The Bertz CT molecular complexity index is 497. The molecule has 1 fully saturated rings. The maximum absolute atomic E-state index is 11.5. The quantitative estimate of drug-likeness (QED) is 0.713. The Labute approximate surface area is 141 Å². The SMILES string of the molecule is CC(C)CNCc1cc(Br)c(OC2CCOC2=O)c(Br)c1. The van der Waals surface area contributed by atoms with Crippen LogP contribution in [0.5, 0.6) is 5.75 Å². The van der Waals surface area contributed by atoms with E-state index in [1.165, 1.54) is 0 Å². The molecule has 0 saturated carbocycles. The predicted molar refractivity (Wildman–Crippen MR) is 88.4 cm³/mol. The van der Waals surface area contributed by atoms with Gasteiger partial charge in [0, 0.05) is 13.0 Å². The number of hydrogen-bond acceptors (Lipinski definition) is 4. The molecule has 1 saturated heterocycles. The number of nitrogens with one attached hydrogen (secondary N) is 1. The van der Waals surface area contributed by atoms with Gasteiger partial charge in [-0.25, -0.2) is 4.79 Å². The molecule has 0 radical (unpaired) electrons. The van der Waals surface area contributed by atoms with E-state index in [9.17, 15) is 4.79 Å². The first-order valence-electron chi connectivity index (χ1n) is 6.99. The maximum Gasteiger partial charge on any atom is 0.347 e. The second-order valence-corrected chi connectivity index (χ2v) is 7.18. The molecule has 1 atom stereocenters. The molecule has 0 amide bonds. The lowest BCUT2D eigenvalue weighted by atomic mass is 10.2. The van der Waals surface area contributed by atoms with Crippen LogP contribution in [0.1, 0.15) is 25.8 Å². The van der Waals surface area contributed by atoms with Crippen molar-refractivity contribution in [3.05, 3.63) is 26.6 Å². The molecule has 2 rings (SSSR count). The van der Waals surface area contributed by atoms with Crippen molar-refractivity contribution >= 4 is 37.8 Å².